The number of nitrogens with two attached hydrogens (primary N) is 1. The van der Waals surface area contributed by atoms with Crippen LogP contribution in [0.3, 0.4) is 0 Å². The molecule has 4 aliphatic heterocycles. The van der Waals surface area contributed by atoms with E-state index in [0.29, 0.717) is 36.9 Å². The molecule has 5 N–H and O–H groups in total. The molecular weight excluding hydrogens is 648 g/mol. The fourth-order valence-electron chi connectivity index (χ4n) is 7.62. The molecule has 0 radical (unpaired) electrons. The smallest absolute Gasteiger partial charge is 0.320 e. The van der Waals surface area contributed by atoms with Crippen molar-refractivity contribution < 1.29 is 19.2 Å². The van der Waals surface area contributed by atoms with E-state index in [9.17, 15) is 19.2 Å². The summed E-state index contributed by atoms with van der Waals surface area (Å²) in [5.74, 6) is 0.286. The molecule has 0 bridgehead atoms. The Morgan fingerprint density at radius 3 is 2.35 bits per heavy atom. The van der Waals surface area contributed by atoms with Crippen molar-refractivity contribution in [2.75, 3.05) is 61.8 Å². The van der Waals surface area contributed by atoms with Crippen LogP contribution in [0.15, 0.2) is 54.7 Å². The Morgan fingerprint density at radius 2 is 1.67 bits per heavy atom. The van der Waals surface area contributed by atoms with Gasteiger partial charge in [0.25, 0.3) is 5.91 Å². The number of imide groups is 1. The number of carbonyl (C=O) groups is 4. The van der Waals surface area contributed by atoms with Crippen LogP contribution < -0.4 is 26.6 Å². The van der Waals surface area contributed by atoms with Gasteiger partial charge in [-0.3, -0.25) is 24.6 Å². The maximum atomic E-state index is 12.6. The number of primary amides is 1. The zero-order valence-electron chi connectivity index (χ0n) is 29.0. The number of carbonyl (C=O) groups excluding carboxylic acids is 4. The third kappa shape index (κ3) is 7.90. The van der Waals surface area contributed by atoms with E-state index in [1.165, 1.54) is 11.1 Å². The summed E-state index contributed by atoms with van der Waals surface area (Å²) in [5.41, 5.74) is 9.93. The lowest BCUT2D eigenvalue weighted by molar-refractivity contribution is -0.133. The Kier molecular flexibility index (Phi) is 10.0. The number of likely N-dealkylation sites (N-methyl/N-ethyl adjacent to an activating group) is 1. The number of benzene rings is 2. The van der Waals surface area contributed by atoms with Crippen molar-refractivity contribution >= 4 is 46.8 Å². The molecule has 5 heterocycles. The number of urea groups is 1. The van der Waals surface area contributed by atoms with Gasteiger partial charge in [-0.2, -0.15) is 0 Å². The molecule has 5 amide bonds. The van der Waals surface area contributed by atoms with Gasteiger partial charge in [0, 0.05) is 57.6 Å². The number of nitrogens with one attached hydrogen (secondary N) is 3. The van der Waals surface area contributed by atoms with E-state index in [2.05, 4.69) is 55.0 Å². The van der Waals surface area contributed by atoms with Crippen molar-refractivity contribution in [1.82, 2.24) is 30.0 Å². The second-order valence-electron chi connectivity index (χ2n) is 14.1. The van der Waals surface area contributed by atoms with Crippen LogP contribution in [0.4, 0.5) is 27.8 Å². The average molecular weight is 695 g/mol. The summed E-state index contributed by atoms with van der Waals surface area (Å²) in [4.78, 5) is 65.9. The highest BCUT2D eigenvalue weighted by Gasteiger charge is 2.35. The standard InChI is InChI=1S/C37H46N10O4/c1-44-19-20-47(37(44)51)29-3-2-16-46(23-29)31-21-39-33(34(38)49)35(42-31)41-28-10-6-25(7-11-28)26-14-17-45(18-15-26)22-24-4-8-27(9-5-24)40-30-12-13-32(48)43-36(30)50/h4-11,21,26,29-30,40H,2-3,12-20,22-23H2,1H3,(H2,38,49)(H,41,42)(H,43,48,50)/t29-,30?/m1/s1. The van der Waals surface area contributed by atoms with Crippen LogP contribution in [0, 0.1) is 0 Å². The topological polar surface area (TPSA) is 169 Å². The minimum atomic E-state index is -0.651. The predicted molar refractivity (Wildman–Crippen MR) is 194 cm³/mol. The minimum Gasteiger partial charge on any atom is -0.374 e. The summed E-state index contributed by atoms with van der Waals surface area (Å²) < 4.78 is 0. The summed E-state index contributed by atoms with van der Waals surface area (Å²) in [6.45, 7) is 5.76. The number of hydrogen-bond donors (Lipinski definition) is 4. The van der Waals surface area contributed by atoms with Crippen molar-refractivity contribution in [3.8, 4) is 0 Å². The predicted octanol–water partition coefficient (Wildman–Crippen LogP) is 3.25. The van der Waals surface area contributed by atoms with Gasteiger partial charge in [-0.25, -0.2) is 14.8 Å². The highest BCUT2D eigenvalue weighted by atomic mass is 16.2. The number of amides is 5. The van der Waals surface area contributed by atoms with Gasteiger partial charge in [0.05, 0.1) is 12.2 Å². The van der Waals surface area contributed by atoms with Gasteiger partial charge >= 0.3 is 6.03 Å². The fourth-order valence-corrected chi connectivity index (χ4v) is 7.62. The van der Waals surface area contributed by atoms with E-state index < -0.39 is 5.91 Å². The Balaban J connectivity index is 0.925. The molecular formula is C37H46N10O4. The first kappa shape index (κ1) is 34.2. The summed E-state index contributed by atoms with van der Waals surface area (Å²) in [6, 6.07) is 16.3. The van der Waals surface area contributed by atoms with Crippen LogP contribution in [0.2, 0.25) is 0 Å². The SMILES string of the molecule is CN1CCN([C@@H]2CCCN(c3cnc(C(N)=O)c(Nc4ccc(C5CCN(Cc6ccc(NC7CCC(=O)NC7=O)cc6)CC5)cc4)n3)C2)C1=O. The molecule has 1 unspecified atom stereocenters. The van der Waals surface area contributed by atoms with E-state index in [0.717, 1.165) is 76.3 Å². The van der Waals surface area contributed by atoms with Gasteiger partial charge in [0.2, 0.25) is 11.8 Å². The van der Waals surface area contributed by atoms with Gasteiger partial charge in [0.1, 0.15) is 11.9 Å². The molecule has 0 aliphatic carbocycles. The molecule has 0 saturated carbocycles. The normalized spacial score (nSPS) is 21.9. The molecule has 4 aliphatic rings. The molecule has 51 heavy (non-hydrogen) atoms. The second-order valence-corrected chi connectivity index (χ2v) is 14.1. The lowest BCUT2D eigenvalue weighted by Crippen LogP contribution is -2.49. The lowest BCUT2D eigenvalue weighted by Gasteiger charge is -2.37. The second kappa shape index (κ2) is 14.9. The van der Waals surface area contributed by atoms with Crippen LogP contribution in [-0.4, -0.2) is 107 Å². The first-order valence-corrected chi connectivity index (χ1v) is 17.9. The summed E-state index contributed by atoms with van der Waals surface area (Å²) in [5, 5.41) is 8.91. The highest BCUT2D eigenvalue weighted by molar-refractivity contribution is 6.01. The monoisotopic (exact) mass is 694 g/mol. The Morgan fingerprint density at radius 1 is 0.922 bits per heavy atom. The maximum Gasteiger partial charge on any atom is 0.320 e. The molecule has 2 atom stereocenters. The number of piperidine rings is 3. The van der Waals surface area contributed by atoms with Crippen molar-refractivity contribution in [3.63, 3.8) is 0 Å². The fraction of sp³-hybridized carbons (Fsp3) is 0.459. The Hall–Kier alpha value is -5.24. The van der Waals surface area contributed by atoms with Gasteiger partial charge in [-0.1, -0.05) is 24.3 Å². The van der Waals surface area contributed by atoms with E-state index in [-0.39, 0.29) is 35.6 Å². The first-order valence-electron chi connectivity index (χ1n) is 17.9. The van der Waals surface area contributed by atoms with E-state index in [1.54, 1.807) is 11.1 Å². The molecule has 4 fully saturated rings. The zero-order chi connectivity index (χ0) is 35.5. The molecule has 1 aromatic heterocycles. The van der Waals surface area contributed by atoms with Gasteiger partial charge in [-0.05, 0) is 86.5 Å². The van der Waals surface area contributed by atoms with Crippen molar-refractivity contribution in [1.29, 1.82) is 0 Å². The third-order valence-electron chi connectivity index (χ3n) is 10.6. The van der Waals surface area contributed by atoms with Crippen LogP contribution in [0.1, 0.15) is 66.1 Å². The van der Waals surface area contributed by atoms with E-state index >= 15 is 0 Å². The molecule has 14 nitrogen and oxygen atoms in total. The van der Waals surface area contributed by atoms with Gasteiger partial charge in [-0.15, -0.1) is 0 Å². The van der Waals surface area contributed by atoms with Crippen LogP contribution in [0.25, 0.3) is 0 Å². The summed E-state index contributed by atoms with van der Waals surface area (Å²) in [7, 11) is 1.83. The average Bonchev–Trinajstić information content (AvgIpc) is 3.48. The number of aromatic nitrogens is 2. The number of rotatable bonds is 10. The minimum absolute atomic E-state index is 0.0681. The van der Waals surface area contributed by atoms with Crippen molar-refractivity contribution in [2.45, 2.75) is 63.1 Å². The summed E-state index contributed by atoms with van der Waals surface area (Å²) in [6.07, 6.45) is 6.43. The highest BCUT2D eigenvalue weighted by Crippen LogP contribution is 2.31. The van der Waals surface area contributed by atoms with Crippen molar-refractivity contribution in [2.24, 2.45) is 5.73 Å². The van der Waals surface area contributed by atoms with Gasteiger partial charge in [0.15, 0.2) is 11.5 Å². The number of hydrogen-bond acceptors (Lipinski definition) is 10. The molecule has 14 heteroatoms. The number of nitrogens with zero attached hydrogens (tertiary/aromatic N) is 6. The number of anilines is 4. The van der Waals surface area contributed by atoms with Crippen LogP contribution in [-0.2, 0) is 16.1 Å². The molecule has 268 valence electrons. The Bertz CT molecular complexity index is 1760. The molecule has 0 spiro atoms. The quantitative estimate of drug-likeness (QED) is 0.231. The zero-order valence-corrected chi connectivity index (χ0v) is 29.0. The maximum absolute atomic E-state index is 12.6. The molecule has 7 rings (SSSR count). The largest absolute Gasteiger partial charge is 0.374 e. The Labute approximate surface area is 297 Å². The molecule has 2 aromatic carbocycles. The first-order chi connectivity index (χ1) is 24.7. The molecule has 4 saturated heterocycles. The van der Waals surface area contributed by atoms with E-state index in [1.807, 2.05) is 36.2 Å². The summed E-state index contributed by atoms with van der Waals surface area (Å²) >= 11 is 0. The number of likely N-dealkylation sites (tertiary alicyclic amines) is 1. The van der Waals surface area contributed by atoms with Gasteiger partial charge < -0.3 is 31.1 Å². The van der Waals surface area contributed by atoms with Crippen molar-refractivity contribution in [3.05, 3.63) is 71.5 Å². The molecule has 3 aromatic rings. The lowest BCUT2D eigenvalue weighted by atomic mass is 9.89. The van der Waals surface area contributed by atoms with E-state index in [4.69, 9.17) is 10.7 Å². The van der Waals surface area contributed by atoms with Crippen LogP contribution in [0.5, 0.6) is 0 Å². The third-order valence-corrected chi connectivity index (χ3v) is 10.6. The van der Waals surface area contributed by atoms with Crippen LogP contribution >= 0.6 is 0 Å².